The lowest BCUT2D eigenvalue weighted by molar-refractivity contribution is 0.476. The van der Waals surface area contributed by atoms with Gasteiger partial charge in [-0.05, 0) is 12.1 Å². The average Bonchev–Trinajstić information content (AvgIpc) is 2.96. The second-order valence-electron chi connectivity index (χ2n) is 5.39. The van der Waals surface area contributed by atoms with Crippen molar-refractivity contribution in [3.63, 3.8) is 0 Å². The number of imidazole rings is 1. The molecule has 126 valence electrons. The first-order valence-corrected chi connectivity index (χ1v) is 7.21. The number of halogens is 2. The zero-order valence-electron chi connectivity index (χ0n) is 13.4. The molecule has 0 bridgehead atoms. The highest BCUT2D eigenvalue weighted by Gasteiger charge is 2.19. The summed E-state index contributed by atoms with van der Waals surface area (Å²) in [7, 11) is 3.29. The molecule has 0 aliphatic heterocycles. The number of benzene rings is 1. The number of pyridine rings is 1. The summed E-state index contributed by atoms with van der Waals surface area (Å²) in [4.78, 5) is 9.60. The van der Waals surface area contributed by atoms with Gasteiger partial charge in [-0.3, -0.25) is 0 Å². The first kappa shape index (κ1) is 16.4. The first-order chi connectivity index (χ1) is 12.0. The third kappa shape index (κ3) is 2.76. The Kier molecular flexibility index (Phi) is 4.07. The minimum absolute atomic E-state index is 0.0489. The zero-order valence-corrected chi connectivity index (χ0v) is 13.4. The zero-order chi connectivity index (χ0) is 18.1. The topological polar surface area (TPSA) is 78.0 Å². The van der Waals surface area contributed by atoms with Gasteiger partial charge in [0.25, 0.3) is 0 Å². The summed E-state index contributed by atoms with van der Waals surface area (Å²) in [5.74, 6) is -1.42. The summed E-state index contributed by atoms with van der Waals surface area (Å²) in [6.45, 7) is 0. The number of allylic oxidation sites excluding steroid dienone is 1. The van der Waals surface area contributed by atoms with E-state index in [0.717, 1.165) is 17.6 Å². The number of hydrogen-bond acceptors (Lipinski definition) is 5. The van der Waals surface area contributed by atoms with Crippen LogP contribution >= 0.6 is 0 Å². The van der Waals surface area contributed by atoms with E-state index in [2.05, 4.69) is 9.97 Å². The molecule has 0 aliphatic carbocycles. The number of rotatable bonds is 3. The Balaban J connectivity index is 2.08. The van der Waals surface area contributed by atoms with Crippen LogP contribution in [0.15, 0.2) is 37.0 Å². The van der Waals surface area contributed by atoms with Crippen molar-refractivity contribution in [3.8, 4) is 6.07 Å². The Hall–Kier alpha value is -3.47. The second-order valence-corrected chi connectivity index (χ2v) is 5.39. The number of nitrogens with zero attached hydrogens (tertiary/aromatic N) is 5. The van der Waals surface area contributed by atoms with Gasteiger partial charge in [0.2, 0.25) is 0 Å². The second kappa shape index (κ2) is 6.20. The van der Waals surface area contributed by atoms with E-state index in [0.29, 0.717) is 17.6 Å². The van der Waals surface area contributed by atoms with Gasteiger partial charge in [-0.2, -0.15) is 5.26 Å². The molecule has 25 heavy (non-hydrogen) atoms. The van der Waals surface area contributed by atoms with Gasteiger partial charge in [0.05, 0.1) is 29.9 Å². The minimum Gasteiger partial charge on any atom is -0.514 e. The van der Waals surface area contributed by atoms with Gasteiger partial charge in [0.15, 0.2) is 11.6 Å². The predicted molar refractivity (Wildman–Crippen MR) is 89.1 cm³/mol. The van der Waals surface area contributed by atoms with Crippen LogP contribution in [-0.4, -0.2) is 26.7 Å². The molecule has 6 nitrogen and oxygen atoms in total. The largest absolute Gasteiger partial charge is 0.514 e. The molecule has 0 fully saturated rings. The number of aliphatic hydroxyl groups is 1. The maximum Gasteiger partial charge on any atom is 0.150 e. The van der Waals surface area contributed by atoms with Crippen molar-refractivity contribution in [3.05, 3.63) is 54.2 Å². The smallest absolute Gasteiger partial charge is 0.150 e. The highest BCUT2D eigenvalue weighted by molar-refractivity contribution is 5.80. The number of nitriles is 1. The summed E-state index contributed by atoms with van der Waals surface area (Å²) in [5.41, 5.74) is 0.841. The molecular formula is C17H13F2N5O. The molecule has 0 amide bonds. The Morgan fingerprint density at radius 1 is 1.28 bits per heavy atom. The number of anilines is 2. The molecule has 0 aliphatic rings. The SMILES string of the molecule is CN(c1cc2c(cn1)ncn2C)c1c(F)cc(/C(C#N)=C\O)cc1F. The third-order valence-electron chi connectivity index (χ3n) is 3.85. The number of fused-ring (bicyclic) bond motifs is 1. The number of aliphatic hydroxyl groups excluding tert-OH is 1. The molecule has 0 saturated carbocycles. The van der Waals surface area contributed by atoms with Crippen molar-refractivity contribution in [1.82, 2.24) is 14.5 Å². The Morgan fingerprint density at radius 2 is 1.96 bits per heavy atom. The third-order valence-corrected chi connectivity index (χ3v) is 3.85. The van der Waals surface area contributed by atoms with Gasteiger partial charge >= 0.3 is 0 Å². The predicted octanol–water partition coefficient (Wildman–Crippen LogP) is 3.44. The maximum atomic E-state index is 14.5. The summed E-state index contributed by atoms with van der Waals surface area (Å²) >= 11 is 0. The highest BCUT2D eigenvalue weighted by atomic mass is 19.1. The summed E-state index contributed by atoms with van der Waals surface area (Å²) < 4.78 is 30.7. The monoisotopic (exact) mass is 341 g/mol. The summed E-state index contributed by atoms with van der Waals surface area (Å²) in [5, 5.41) is 17.8. The molecule has 0 atom stereocenters. The molecule has 1 aromatic carbocycles. The average molecular weight is 341 g/mol. The molecular weight excluding hydrogens is 328 g/mol. The quantitative estimate of drug-likeness (QED) is 0.583. The van der Waals surface area contributed by atoms with Gasteiger partial charge in [-0.1, -0.05) is 0 Å². The summed E-state index contributed by atoms with van der Waals surface area (Å²) in [6.07, 6.45) is 3.65. The van der Waals surface area contributed by atoms with E-state index in [4.69, 9.17) is 10.4 Å². The Morgan fingerprint density at radius 3 is 2.56 bits per heavy atom. The van der Waals surface area contributed by atoms with Crippen LogP contribution in [0.2, 0.25) is 0 Å². The molecule has 2 aromatic heterocycles. The van der Waals surface area contributed by atoms with E-state index >= 15 is 0 Å². The minimum atomic E-state index is -0.876. The number of aromatic nitrogens is 3. The van der Waals surface area contributed by atoms with E-state index in [1.165, 1.54) is 18.1 Å². The van der Waals surface area contributed by atoms with Crippen molar-refractivity contribution in [2.24, 2.45) is 7.05 Å². The van der Waals surface area contributed by atoms with Crippen LogP contribution in [-0.2, 0) is 7.05 Å². The molecule has 0 saturated heterocycles. The van der Waals surface area contributed by atoms with Crippen LogP contribution in [0.5, 0.6) is 0 Å². The highest BCUT2D eigenvalue weighted by Crippen LogP contribution is 2.31. The van der Waals surface area contributed by atoms with E-state index in [1.54, 1.807) is 30.1 Å². The van der Waals surface area contributed by atoms with Crippen LogP contribution in [0.1, 0.15) is 5.56 Å². The van der Waals surface area contributed by atoms with Gasteiger partial charge in [-0.15, -0.1) is 0 Å². The fourth-order valence-corrected chi connectivity index (χ4v) is 2.53. The van der Waals surface area contributed by atoms with Crippen LogP contribution in [0, 0.1) is 23.0 Å². The lowest BCUT2D eigenvalue weighted by atomic mass is 10.1. The van der Waals surface area contributed by atoms with Gasteiger partial charge in [0, 0.05) is 25.7 Å². The van der Waals surface area contributed by atoms with E-state index in [1.807, 2.05) is 0 Å². The van der Waals surface area contributed by atoms with Crippen molar-refractivity contribution in [2.45, 2.75) is 0 Å². The van der Waals surface area contributed by atoms with Crippen LogP contribution < -0.4 is 4.90 Å². The van der Waals surface area contributed by atoms with Crippen LogP contribution in [0.4, 0.5) is 20.3 Å². The standard InChI is InChI=1S/C17H13F2N5O/c1-23-9-22-14-7-21-16(5-15(14)23)24(2)17-12(18)3-10(4-13(17)19)11(6-20)8-25/h3-5,7-9,25H,1-2H3/b11-8-. The molecule has 0 radical (unpaired) electrons. The van der Waals surface area contributed by atoms with Crippen molar-refractivity contribution < 1.29 is 13.9 Å². The van der Waals surface area contributed by atoms with Crippen molar-refractivity contribution >= 4 is 28.1 Å². The van der Waals surface area contributed by atoms with E-state index < -0.39 is 11.6 Å². The Labute approximate surface area is 141 Å². The summed E-state index contributed by atoms with van der Waals surface area (Å²) in [6, 6.07) is 5.32. The first-order valence-electron chi connectivity index (χ1n) is 7.21. The molecule has 0 spiro atoms. The molecule has 1 N–H and O–H groups in total. The maximum absolute atomic E-state index is 14.5. The molecule has 0 unspecified atom stereocenters. The Bertz CT molecular complexity index is 1010. The molecule has 3 aromatic rings. The van der Waals surface area contributed by atoms with Crippen molar-refractivity contribution in [2.75, 3.05) is 11.9 Å². The van der Waals surface area contributed by atoms with Crippen molar-refractivity contribution in [1.29, 1.82) is 5.26 Å². The lowest BCUT2D eigenvalue weighted by Crippen LogP contribution is -2.15. The van der Waals surface area contributed by atoms with Gasteiger partial charge in [0.1, 0.15) is 23.1 Å². The van der Waals surface area contributed by atoms with E-state index in [9.17, 15) is 8.78 Å². The number of hydrogen-bond donors (Lipinski definition) is 1. The molecule has 3 rings (SSSR count). The fraction of sp³-hybridized carbons (Fsp3) is 0.118. The number of aryl methyl sites for hydroxylation is 1. The van der Waals surface area contributed by atoms with E-state index in [-0.39, 0.29) is 16.8 Å². The fourth-order valence-electron chi connectivity index (χ4n) is 2.53. The lowest BCUT2D eigenvalue weighted by Gasteiger charge is -2.20. The van der Waals surface area contributed by atoms with Crippen LogP contribution in [0.25, 0.3) is 16.6 Å². The molecule has 2 heterocycles. The van der Waals surface area contributed by atoms with Crippen LogP contribution in [0.3, 0.4) is 0 Å². The van der Waals surface area contributed by atoms with Gasteiger partial charge in [-0.25, -0.2) is 18.7 Å². The normalized spacial score (nSPS) is 11.6. The van der Waals surface area contributed by atoms with Gasteiger partial charge < -0.3 is 14.6 Å². The molecule has 8 heteroatoms.